The first-order valence-corrected chi connectivity index (χ1v) is 9.15. The van der Waals surface area contributed by atoms with Crippen LogP contribution in [-0.4, -0.2) is 34.0 Å². The van der Waals surface area contributed by atoms with Crippen LogP contribution in [0, 0.1) is 11.6 Å². The Morgan fingerprint density at radius 1 is 1.08 bits per heavy atom. The molecule has 138 valence electrons. The van der Waals surface area contributed by atoms with Gasteiger partial charge in [0.05, 0.1) is 5.25 Å². The van der Waals surface area contributed by atoms with E-state index in [2.05, 4.69) is 4.99 Å². The number of halogens is 3. The Hall–Kier alpha value is -1.44. The third kappa shape index (κ3) is 3.52. The number of hydrogen-bond donors (Lipinski definition) is 1. The van der Waals surface area contributed by atoms with Gasteiger partial charge in [-0.15, -0.1) is 17.0 Å². The van der Waals surface area contributed by atoms with Gasteiger partial charge in [0.1, 0.15) is 11.6 Å². The van der Waals surface area contributed by atoms with Crippen LogP contribution >= 0.6 is 28.7 Å². The SMILES string of the molecule is Br.OC1(Cc2ccc(F)cc2)C(c2ccc(F)cc2)SC2=NCCCN21. The smallest absolute Gasteiger partial charge is 0.162 e. The molecule has 2 atom stereocenters. The van der Waals surface area contributed by atoms with Crippen molar-refractivity contribution in [3.05, 3.63) is 71.3 Å². The van der Waals surface area contributed by atoms with E-state index in [9.17, 15) is 13.9 Å². The zero-order valence-corrected chi connectivity index (χ0v) is 16.5. The Labute approximate surface area is 165 Å². The molecule has 2 aromatic rings. The topological polar surface area (TPSA) is 35.8 Å². The molecule has 3 nitrogen and oxygen atoms in total. The van der Waals surface area contributed by atoms with Gasteiger partial charge in [-0.2, -0.15) is 0 Å². The van der Waals surface area contributed by atoms with E-state index >= 15 is 0 Å². The molecule has 0 bridgehead atoms. The van der Waals surface area contributed by atoms with Crippen LogP contribution in [0.15, 0.2) is 53.5 Å². The van der Waals surface area contributed by atoms with Crippen molar-refractivity contribution in [2.45, 2.75) is 23.8 Å². The van der Waals surface area contributed by atoms with Crippen LogP contribution in [0.2, 0.25) is 0 Å². The molecule has 0 aliphatic carbocycles. The molecule has 2 unspecified atom stereocenters. The molecule has 1 fully saturated rings. The lowest BCUT2D eigenvalue weighted by molar-refractivity contribution is -0.0657. The second kappa shape index (κ2) is 7.66. The molecule has 0 saturated carbocycles. The Morgan fingerprint density at radius 3 is 2.35 bits per heavy atom. The molecule has 1 saturated heterocycles. The zero-order valence-electron chi connectivity index (χ0n) is 13.9. The van der Waals surface area contributed by atoms with Crippen molar-refractivity contribution in [1.29, 1.82) is 0 Å². The third-order valence-corrected chi connectivity index (χ3v) is 6.12. The van der Waals surface area contributed by atoms with Crippen LogP contribution in [0.4, 0.5) is 8.78 Å². The quantitative estimate of drug-likeness (QED) is 0.771. The predicted molar refractivity (Wildman–Crippen MR) is 106 cm³/mol. The zero-order chi connectivity index (χ0) is 17.4. The van der Waals surface area contributed by atoms with Gasteiger partial charge in [-0.1, -0.05) is 36.0 Å². The van der Waals surface area contributed by atoms with Crippen LogP contribution in [0.3, 0.4) is 0 Å². The molecule has 4 rings (SSSR count). The van der Waals surface area contributed by atoms with Crippen molar-refractivity contribution in [1.82, 2.24) is 4.90 Å². The van der Waals surface area contributed by atoms with E-state index in [-0.39, 0.29) is 33.9 Å². The average Bonchev–Trinajstić information content (AvgIpc) is 2.91. The molecule has 2 aliphatic rings. The summed E-state index contributed by atoms with van der Waals surface area (Å²) in [6.07, 6.45) is 1.23. The molecular formula is C19H19BrF2N2OS. The van der Waals surface area contributed by atoms with E-state index in [1.807, 2.05) is 4.90 Å². The minimum absolute atomic E-state index is 0. The molecule has 1 N–H and O–H groups in total. The molecule has 2 aromatic carbocycles. The van der Waals surface area contributed by atoms with Gasteiger partial charge in [-0.25, -0.2) is 8.78 Å². The fourth-order valence-electron chi connectivity index (χ4n) is 3.45. The van der Waals surface area contributed by atoms with Gasteiger partial charge < -0.3 is 10.0 Å². The second-order valence-corrected chi connectivity index (χ2v) is 7.47. The van der Waals surface area contributed by atoms with E-state index in [0.717, 1.165) is 35.8 Å². The summed E-state index contributed by atoms with van der Waals surface area (Å²) in [5.41, 5.74) is 0.524. The summed E-state index contributed by atoms with van der Waals surface area (Å²) in [7, 11) is 0. The number of thioether (sulfide) groups is 1. The van der Waals surface area contributed by atoms with Crippen molar-refractivity contribution < 1.29 is 13.9 Å². The molecule has 0 amide bonds. The molecule has 0 spiro atoms. The normalized spacial score (nSPS) is 24.7. The lowest BCUT2D eigenvalue weighted by Crippen LogP contribution is -2.51. The van der Waals surface area contributed by atoms with Gasteiger partial charge in [-0.3, -0.25) is 4.99 Å². The number of nitrogens with zero attached hydrogens (tertiary/aromatic N) is 2. The molecule has 26 heavy (non-hydrogen) atoms. The first-order chi connectivity index (χ1) is 12.1. The van der Waals surface area contributed by atoms with Crippen molar-refractivity contribution >= 4 is 33.9 Å². The number of amidine groups is 1. The lowest BCUT2D eigenvalue weighted by atomic mass is 9.93. The highest BCUT2D eigenvalue weighted by molar-refractivity contribution is 8.93. The maximum Gasteiger partial charge on any atom is 0.162 e. The van der Waals surface area contributed by atoms with Gasteiger partial charge in [0.2, 0.25) is 0 Å². The number of aliphatic imine (C=N–C) groups is 1. The summed E-state index contributed by atoms with van der Waals surface area (Å²) in [4.78, 5) is 6.49. The summed E-state index contributed by atoms with van der Waals surface area (Å²) in [6, 6.07) is 12.4. The Balaban J connectivity index is 0.00000196. The van der Waals surface area contributed by atoms with Crippen molar-refractivity contribution in [2.24, 2.45) is 4.99 Å². The first kappa shape index (κ1) is 19.3. The fraction of sp³-hybridized carbons (Fsp3) is 0.316. The lowest BCUT2D eigenvalue weighted by Gasteiger charge is -2.39. The van der Waals surface area contributed by atoms with Crippen LogP contribution in [-0.2, 0) is 6.42 Å². The van der Waals surface area contributed by atoms with Crippen LogP contribution in [0.1, 0.15) is 22.8 Å². The minimum atomic E-state index is -1.18. The second-order valence-electron chi connectivity index (χ2n) is 6.40. The molecule has 2 aliphatic heterocycles. The summed E-state index contributed by atoms with van der Waals surface area (Å²) >= 11 is 1.51. The molecular weight excluding hydrogens is 422 g/mol. The third-order valence-electron chi connectivity index (χ3n) is 4.68. The standard InChI is InChI=1S/C19H18F2N2OS.BrH/c20-15-6-2-13(3-7-15)12-19(24)17(14-4-8-16(21)9-5-14)25-18-22-10-1-11-23(18)19;/h2-9,17,24H,1,10-12H2;1H. The van der Waals surface area contributed by atoms with E-state index < -0.39 is 5.72 Å². The molecule has 2 heterocycles. The maximum absolute atomic E-state index is 13.3. The number of benzene rings is 2. The monoisotopic (exact) mass is 440 g/mol. The molecule has 0 radical (unpaired) electrons. The van der Waals surface area contributed by atoms with Gasteiger partial charge in [-0.05, 0) is 41.8 Å². The van der Waals surface area contributed by atoms with E-state index in [0.29, 0.717) is 6.42 Å². The summed E-state index contributed by atoms with van der Waals surface area (Å²) < 4.78 is 26.5. The summed E-state index contributed by atoms with van der Waals surface area (Å²) in [5.74, 6) is -0.601. The Morgan fingerprint density at radius 2 is 1.69 bits per heavy atom. The minimum Gasteiger partial charge on any atom is -0.369 e. The molecule has 0 aromatic heterocycles. The number of rotatable bonds is 3. The first-order valence-electron chi connectivity index (χ1n) is 8.27. The summed E-state index contributed by atoms with van der Waals surface area (Å²) in [5, 5.41) is 12.2. The van der Waals surface area contributed by atoms with Crippen LogP contribution in [0.5, 0.6) is 0 Å². The van der Waals surface area contributed by atoms with Crippen molar-refractivity contribution in [3.8, 4) is 0 Å². The Bertz CT molecular complexity index is 800. The highest BCUT2D eigenvalue weighted by atomic mass is 79.9. The van der Waals surface area contributed by atoms with Crippen molar-refractivity contribution in [2.75, 3.05) is 13.1 Å². The van der Waals surface area contributed by atoms with Crippen LogP contribution < -0.4 is 0 Å². The largest absolute Gasteiger partial charge is 0.369 e. The fourth-order valence-corrected chi connectivity index (χ4v) is 4.90. The molecule has 7 heteroatoms. The van der Waals surface area contributed by atoms with E-state index in [1.54, 1.807) is 24.3 Å². The number of fused-ring (bicyclic) bond motifs is 1. The van der Waals surface area contributed by atoms with Crippen molar-refractivity contribution in [3.63, 3.8) is 0 Å². The number of hydrogen-bond acceptors (Lipinski definition) is 4. The average molecular weight is 441 g/mol. The highest BCUT2D eigenvalue weighted by Crippen LogP contribution is 2.51. The van der Waals surface area contributed by atoms with Gasteiger partial charge >= 0.3 is 0 Å². The van der Waals surface area contributed by atoms with Gasteiger partial charge in [0.15, 0.2) is 10.9 Å². The number of aliphatic hydroxyl groups is 1. The summed E-state index contributed by atoms with van der Waals surface area (Å²) in [6.45, 7) is 1.48. The Kier molecular flexibility index (Phi) is 5.69. The van der Waals surface area contributed by atoms with E-state index in [1.165, 1.54) is 36.0 Å². The van der Waals surface area contributed by atoms with E-state index in [4.69, 9.17) is 0 Å². The predicted octanol–water partition coefficient (Wildman–Crippen LogP) is 4.32. The van der Waals surface area contributed by atoms with Crippen LogP contribution in [0.25, 0.3) is 0 Å². The highest BCUT2D eigenvalue weighted by Gasteiger charge is 2.52. The van der Waals surface area contributed by atoms with Gasteiger partial charge in [0.25, 0.3) is 0 Å². The van der Waals surface area contributed by atoms with Gasteiger partial charge in [0, 0.05) is 19.5 Å². The maximum atomic E-state index is 13.3.